The SMILES string of the molecule is CCCc1cn(Cc2ccccc2)c(C)c1C(C)=O. The molecule has 0 aliphatic carbocycles. The van der Waals surface area contributed by atoms with Gasteiger partial charge in [0.2, 0.25) is 0 Å². The molecule has 0 radical (unpaired) electrons. The Labute approximate surface area is 115 Å². The first-order chi connectivity index (χ1) is 9.13. The van der Waals surface area contributed by atoms with Crippen molar-refractivity contribution in [3.8, 4) is 0 Å². The van der Waals surface area contributed by atoms with Gasteiger partial charge >= 0.3 is 0 Å². The highest BCUT2D eigenvalue weighted by molar-refractivity contribution is 5.96. The van der Waals surface area contributed by atoms with Gasteiger partial charge in [0.15, 0.2) is 5.78 Å². The van der Waals surface area contributed by atoms with Crippen LogP contribution in [0.25, 0.3) is 0 Å². The number of Topliss-reactive ketones (excluding diaryl/α,β-unsaturated/α-hetero) is 1. The zero-order valence-corrected chi connectivity index (χ0v) is 11.9. The Hall–Kier alpha value is -1.83. The molecule has 2 aromatic rings. The van der Waals surface area contributed by atoms with E-state index in [2.05, 4.69) is 29.8 Å². The van der Waals surface area contributed by atoms with Gasteiger partial charge in [-0.15, -0.1) is 0 Å². The van der Waals surface area contributed by atoms with E-state index in [0.717, 1.165) is 30.6 Å². The fraction of sp³-hybridized carbons (Fsp3) is 0.353. The lowest BCUT2D eigenvalue weighted by Crippen LogP contribution is -2.03. The van der Waals surface area contributed by atoms with Gasteiger partial charge in [-0.05, 0) is 31.4 Å². The van der Waals surface area contributed by atoms with Gasteiger partial charge < -0.3 is 4.57 Å². The van der Waals surface area contributed by atoms with Gasteiger partial charge in [-0.3, -0.25) is 4.79 Å². The van der Waals surface area contributed by atoms with Crippen LogP contribution in [0.2, 0.25) is 0 Å². The maximum Gasteiger partial charge on any atom is 0.161 e. The summed E-state index contributed by atoms with van der Waals surface area (Å²) in [5, 5.41) is 0. The van der Waals surface area contributed by atoms with Crippen LogP contribution in [-0.4, -0.2) is 10.4 Å². The molecule has 0 unspecified atom stereocenters. The van der Waals surface area contributed by atoms with E-state index in [4.69, 9.17) is 0 Å². The van der Waals surface area contributed by atoms with Crippen molar-refractivity contribution < 1.29 is 4.79 Å². The molecule has 100 valence electrons. The molecule has 1 aromatic heterocycles. The second-order valence-electron chi connectivity index (χ2n) is 5.03. The van der Waals surface area contributed by atoms with Crippen molar-refractivity contribution in [1.82, 2.24) is 4.57 Å². The number of hydrogen-bond donors (Lipinski definition) is 0. The number of hydrogen-bond acceptors (Lipinski definition) is 1. The quantitative estimate of drug-likeness (QED) is 0.740. The highest BCUT2D eigenvalue weighted by atomic mass is 16.1. The van der Waals surface area contributed by atoms with E-state index in [1.165, 1.54) is 11.1 Å². The predicted molar refractivity (Wildman–Crippen MR) is 78.7 cm³/mol. The summed E-state index contributed by atoms with van der Waals surface area (Å²) in [6.45, 7) is 6.68. The van der Waals surface area contributed by atoms with Crippen LogP contribution in [0.1, 0.15) is 47.4 Å². The van der Waals surface area contributed by atoms with Crippen molar-refractivity contribution in [2.45, 2.75) is 40.2 Å². The van der Waals surface area contributed by atoms with Gasteiger partial charge in [-0.25, -0.2) is 0 Å². The molecule has 0 aliphatic heterocycles. The van der Waals surface area contributed by atoms with E-state index in [9.17, 15) is 4.79 Å². The summed E-state index contributed by atoms with van der Waals surface area (Å²) in [5.41, 5.74) is 4.44. The van der Waals surface area contributed by atoms with Crippen LogP contribution >= 0.6 is 0 Å². The number of ketones is 1. The maximum absolute atomic E-state index is 11.8. The van der Waals surface area contributed by atoms with Crippen LogP contribution in [0.3, 0.4) is 0 Å². The zero-order valence-electron chi connectivity index (χ0n) is 11.9. The Morgan fingerprint density at radius 3 is 2.47 bits per heavy atom. The molecule has 1 heterocycles. The van der Waals surface area contributed by atoms with Crippen LogP contribution in [0.4, 0.5) is 0 Å². The molecular weight excluding hydrogens is 234 g/mol. The number of aryl methyl sites for hydroxylation is 1. The molecule has 0 N–H and O–H groups in total. The molecule has 0 bridgehead atoms. The standard InChI is InChI=1S/C17H21NO/c1-4-8-16-12-18(13(2)17(16)14(3)19)11-15-9-6-5-7-10-15/h5-7,9-10,12H,4,8,11H2,1-3H3. The number of carbonyl (C=O) groups is 1. The van der Waals surface area contributed by atoms with Crippen LogP contribution in [-0.2, 0) is 13.0 Å². The van der Waals surface area contributed by atoms with Gasteiger partial charge in [-0.2, -0.15) is 0 Å². The minimum absolute atomic E-state index is 0.174. The lowest BCUT2D eigenvalue weighted by atomic mass is 10.0. The molecule has 0 aliphatic rings. The van der Waals surface area contributed by atoms with Gasteiger partial charge in [0.1, 0.15) is 0 Å². The molecule has 1 aromatic carbocycles. The van der Waals surface area contributed by atoms with Crippen LogP contribution < -0.4 is 0 Å². The maximum atomic E-state index is 11.8. The third-order valence-corrected chi connectivity index (χ3v) is 3.49. The monoisotopic (exact) mass is 255 g/mol. The number of aromatic nitrogens is 1. The Bertz CT molecular complexity index is 566. The topological polar surface area (TPSA) is 22.0 Å². The fourth-order valence-corrected chi connectivity index (χ4v) is 2.61. The average Bonchev–Trinajstić information content (AvgIpc) is 2.68. The van der Waals surface area contributed by atoms with Gasteiger partial charge in [0, 0.05) is 24.0 Å². The lowest BCUT2D eigenvalue weighted by molar-refractivity contribution is 0.101. The Morgan fingerprint density at radius 1 is 1.21 bits per heavy atom. The second-order valence-corrected chi connectivity index (χ2v) is 5.03. The first-order valence-electron chi connectivity index (χ1n) is 6.87. The summed E-state index contributed by atoms with van der Waals surface area (Å²) < 4.78 is 2.19. The molecule has 0 saturated carbocycles. The Kier molecular flexibility index (Phi) is 4.20. The van der Waals surface area contributed by atoms with Crippen LogP contribution in [0, 0.1) is 6.92 Å². The summed E-state index contributed by atoms with van der Waals surface area (Å²) in [6.07, 6.45) is 4.18. The molecule has 2 rings (SSSR count). The first-order valence-corrected chi connectivity index (χ1v) is 6.87. The smallest absolute Gasteiger partial charge is 0.161 e. The largest absolute Gasteiger partial charge is 0.346 e. The van der Waals surface area contributed by atoms with E-state index in [0.29, 0.717) is 0 Å². The molecular formula is C17H21NO. The van der Waals surface area contributed by atoms with E-state index in [-0.39, 0.29) is 5.78 Å². The average molecular weight is 255 g/mol. The summed E-state index contributed by atoms with van der Waals surface area (Å²) in [6, 6.07) is 10.4. The van der Waals surface area contributed by atoms with Crippen molar-refractivity contribution in [1.29, 1.82) is 0 Å². The summed E-state index contributed by atoms with van der Waals surface area (Å²) in [4.78, 5) is 11.8. The summed E-state index contributed by atoms with van der Waals surface area (Å²) in [5.74, 6) is 0.174. The number of nitrogens with zero attached hydrogens (tertiary/aromatic N) is 1. The molecule has 0 saturated heterocycles. The molecule has 0 atom stereocenters. The van der Waals surface area contributed by atoms with Gasteiger partial charge in [0.05, 0.1) is 0 Å². The number of rotatable bonds is 5. The second kappa shape index (κ2) is 5.87. The summed E-state index contributed by atoms with van der Waals surface area (Å²) >= 11 is 0. The minimum atomic E-state index is 0.174. The van der Waals surface area contributed by atoms with Crippen molar-refractivity contribution in [2.24, 2.45) is 0 Å². The van der Waals surface area contributed by atoms with Crippen LogP contribution in [0.5, 0.6) is 0 Å². The third-order valence-electron chi connectivity index (χ3n) is 3.49. The van der Waals surface area contributed by atoms with E-state index < -0.39 is 0 Å². The molecule has 2 nitrogen and oxygen atoms in total. The minimum Gasteiger partial charge on any atom is -0.346 e. The van der Waals surface area contributed by atoms with Crippen molar-refractivity contribution in [3.05, 3.63) is 58.9 Å². The third kappa shape index (κ3) is 2.95. The molecule has 19 heavy (non-hydrogen) atoms. The first kappa shape index (κ1) is 13.6. The van der Waals surface area contributed by atoms with E-state index >= 15 is 0 Å². The van der Waals surface area contributed by atoms with Crippen molar-refractivity contribution in [3.63, 3.8) is 0 Å². The molecule has 0 amide bonds. The van der Waals surface area contributed by atoms with Gasteiger partial charge in [-0.1, -0.05) is 43.7 Å². The van der Waals surface area contributed by atoms with Crippen LogP contribution in [0.15, 0.2) is 36.5 Å². The van der Waals surface area contributed by atoms with E-state index in [1.54, 1.807) is 6.92 Å². The normalized spacial score (nSPS) is 10.7. The molecule has 0 spiro atoms. The lowest BCUT2D eigenvalue weighted by Gasteiger charge is -2.06. The Balaban J connectivity index is 2.36. The van der Waals surface area contributed by atoms with Crippen molar-refractivity contribution >= 4 is 5.78 Å². The highest BCUT2D eigenvalue weighted by Crippen LogP contribution is 2.20. The van der Waals surface area contributed by atoms with Crippen molar-refractivity contribution in [2.75, 3.05) is 0 Å². The molecule has 2 heteroatoms. The predicted octanol–water partition coefficient (Wildman–Crippen LogP) is 4.00. The number of benzene rings is 1. The van der Waals surface area contributed by atoms with Gasteiger partial charge in [0.25, 0.3) is 0 Å². The highest BCUT2D eigenvalue weighted by Gasteiger charge is 2.15. The number of carbonyl (C=O) groups excluding carboxylic acids is 1. The fourth-order valence-electron chi connectivity index (χ4n) is 2.61. The summed E-state index contributed by atoms with van der Waals surface area (Å²) in [7, 11) is 0. The molecule has 0 fully saturated rings. The Morgan fingerprint density at radius 2 is 1.89 bits per heavy atom. The van der Waals surface area contributed by atoms with E-state index in [1.807, 2.05) is 25.1 Å². The zero-order chi connectivity index (χ0) is 13.8.